The molecule has 0 spiro atoms. The molecule has 0 bridgehead atoms. The fraction of sp³-hybridized carbons (Fsp3) is 0.241. The normalized spacial score (nSPS) is 14.1. The SMILES string of the molecule is CC(C)CNC(=O)c1ccc2c(c1)/C(=C(/Nc1ccc(CN(C)C)cc1)c1ccccc1)C(=O)N2. The Morgan fingerprint density at radius 1 is 0.943 bits per heavy atom. The van der Waals surface area contributed by atoms with Gasteiger partial charge >= 0.3 is 0 Å². The molecule has 0 fully saturated rings. The van der Waals surface area contributed by atoms with Crippen molar-refractivity contribution in [1.82, 2.24) is 10.2 Å². The number of carbonyl (C=O) groups excluding carboxylic acids is 2. The first kappa shape index (κ1) is 24.2. The number of amides is 2. The molecule has 1 aliphatic rings. The molecule has 3 aromatic carbocycles. The summed E-state index contributed by atoms with van der Waals surface area (Å²) in [5.41, 5.74) is 6.12. The second-order valence-electron chi connectivity index (χ2n) is 9.49. The number of fused-ring (bicyclic) bond motifs is 1. The monoisotopic (exact) mass is 468 g/mol. The number of nitrogens with one attached hydrogen (secondary N) is 3. The van der Waals surface area contributed by atoms with Crippen LogP contribution in [0.1, 0.15) is 40.9 Å². The summed E-state index contributed by atoms with van der Waals surface area (Å²) in [6.45, 7) is 5.55. The first-order valence-electron chi connectivity index (χ1n) is 11.9. The van der Waals surface area contributed by atoms with Gasteiger partial charge in [-0.2, -0.15) is 0 Å². The minimum absolute atomic E-state index is 0.147. The molecule has 0 radical (unpaired) electrons. The van der Waals surface area contributed by atoms with Gasteiger partial charge < -0.3 is 20.9 Å². The molecule has 0 unspecified atom stereocenters. The highest BCUT2D eigenvalue weighted by molar-refractivity contribution is 6.37. The Balaban J connectivity index is 1.75. The molecule has 6 heteroatoms. The molecule has 0 aliphatic carbocycles. The Hall–Kier alpha value is -3.90. The molecule has 2 amide bonds. The number of benzene rings is 3. The van der Waals surface area contributed by atoms with Crippen LogP contribution in [0.4, 0.5) is 11.4 Å². The Bertz CT molecular complexity index is 1250. The smallest absolute Gasteiger partial charge is 0.258 e. The highest BCUT2D eigenvalue weighted by atomic mass is 16.2. The van der Waals surface area contributed by atoms with Crippen molar-refractivity contribution in [2.45, 2.75) is 20.4 Å². The zero-order valence-electron chi connectivity index (χ0n) is 20.7. The molecule has 3 aromatic rings. The third-order valence-corrected chi connectivity index (χ3v) is 5.73. The standard InChI is InChI=1S/C29H32N4O2/c1-19(2)17-30-28(34)22-12-15-25-24(16-22)26(29(35)32-25)27(21-8-6-5-7-9-21)31-23-13-10-20(11-14-23)18-33(3)4/h5-16,19,31H,17-18H2,1-4H3,(H,30,34)(H,32,35)/b27-26-. The Morgan fingerprint density at radius 3 is 2.31 bits per heavy atom. The van der Waals surface area contributed by atoms with Gasteiger partial charge in [0.15, 0.2) is 0 Å². The van der Waals surface area contributed by atoms with Crippen LogP contribution in [0.5, 0.6) is 0 Å². The number of hydrogen-bond acceptors (Lipinski definition) is 4. The van der Waals surface area contributed by atoms with Gasteiger partial charge in [-0.1, -0.05) is 56.3 Å². The van der Waals surface area contributed by atoms with Gasteiger partial charge in [0.2, 0.25) is 0 Å². The van der Waals surface area contributed by atoms with Crippen LogP contribution >= 0.6 is 0 Å². The van der Waals surface area contributed by atoms with E-state index in [0.29, 0.717) is 40.5 Å². The predicted molar refractivity (Wildman–Crippen MR) is 143 cm³/mol. The van der Waals surface area contributed by atoms with Gasteiger partial charge in [-0.05, 0) is 61.5 Å². The van der Waals surface area contributed by atoms with Crippen molar-refractivity contribution < 1.29 is 9.59 Å². The van der Waals surface area contributed by atoms with Crippen molar-refractivity contribution in [3.63, 3.8) is 0 Å². The lowest BCUT2D eigenvalue weighted by Crippen LogP contribution is -2.27. The van der Waals surface area contributed by atoms with Gasteiger partial charge in [0.25, 0.3) is 11.8 Å². The maximum Gasteiger partial charge on any atom is 0.258 e. The molecule has 0 saturated heterocycles. The summed E-state index contributed by atoms with van der Waals surface area (Å²) in [4.78, 5) is 28.0. The highest BCUT2D eigenvalue weighted by Crippen LogP contribution is 2.38. The quantitative estimate of drug-likeness (QED) is 0.404. The van der Waals surface area contributed by atoms with Crippen molar-refractivity contribution in [2.24, 2.45) is 5.92 Å². The van der Waals surface area contributed by atoms with Crippen LogP contribution in [-0.4, -0.2) is 37.4 Å². The van der Waals surface area contributed by atoms with Crippen molar-refractivity contribution in [3.05, 3.63) is 95.1 Å². The first-order valence-corrected chi connectivity index (χ1v) is 11.9. The van der Waals surface area contributed by atoms with Crippen LogP contribution in [0, 0.1) is 5.92 Å². The predicted octanol–water partition coefficient (Wildman–Crippen LogP) is 5.07. The summed E-state index contributed by atoms with van der Waals surface area (Å²) in [7, 11) is 4.08. The van der Waals surface area contributed by atoms with Gasteiger partial charge in [-0.15, -0.1) is 0 Å². The van der Waals surface area contributed by atoms with Crippen LogP contribution < -0.4 is 16.0 Å². The van der Waals surface area contributed by atoms with E-state index in [2.05, 4.69) is 46.8 Å². The molecule has 0 atom stereocenters. The van der Waals surface area contributed by atoms with E-state index in [-0.39, 0.29) is 11.8 Å². The molecule has 35 heavy (non-hydrogen) atoms. The van der Waals surface area contributed by atoms with Gasteiger partial charge in [-0.25, -0.2) is 0 Å². The van der Waals surface area contributed by atoms with E-state index in [4.69, 9.17) is 0 Å². The summed E-state index contributed by atoms with van der Waals surface area (Å²) in [5.74, 6) is 0.00583. The van der Waals surface area contributed by atoms with Crippen molar-refractivity contribution in [1.29, 1.82) is 0 Å². The Labute approximate surface area is 207 Å². The largest absolute Gasteiger partial charge is 0.354 e. The summed E-state index contributed by atoms with van der Waals surface area (Å²) in [6.07, 6.45) is 0. The molecule has 4 rings (SSSR count). The maximum atomic E-state index is 13.2. The van der Waals surface area contributed by atoms with Crippen LogP contribution in [-0.2, 0) is 11.3 Å². The molecule has 180 valence electrons. The van der Waals surface area contributed by atoms with Crippen LogP contribution in [0.3, 0.4) is 0 Å². The minimum atomic E-state index is -0.199. The van der Waals surface area contributed by atoms with Crippen LogP contribution in [0.2, 0.25) is 0 Å². The summed E-state index contributed by atoms with van der Waals surface area (Å²) < 4.78 is 0. The molecule has 1 aliphatic heterocycles. The van der Waals surface area contributed by atoms with Gasteiger partial charge in [0.1, 0.15) is 0 Å². The number of nitrogens with zero attached hydrogens (tertiary/aromatic N) is 1. The third kappa shape index (κ3) is 5.78. The average molecular weight is 469 g/mol. The summed E-state index contributed by atoms with van der Waals surface area (Å²) in [6, 6.07) is 23.3. The molecule has 0 aromatic heterocycles. The lowest BCUT2D eigenvalue weighted by molar-refractivity contribution is -0.110. The number of hydrogen-bond donors (Lipinski definition) is 3. The fourth-order valence-corrected chi connectivity index (χ4v) is 4.04. The van der Waals surface area contributed by atoms with E-state index in [0.717, 1.165) is 17.8 Å². The zero-order valence-corrected chi connectivity index (χ0v) is 20.7. The van der Waals surface area contributed by atoms with Gasteiger partial charge in [0, 0.05) is 35.6 Å². The van der Waals surface area contributed by atoms with Crippen LogP contribution in [0.15, 0.2) is 72.8 Å². The van der Waals surface area contributed by atoms with E-state index < -0.39 is 0 Å². The second-order valence-corrected chi connectivity index (χ2v) is 9.49. The topological polar surface area (TPSA) is 73.5 Å². The van der Waals surface area contributed by atoms with Crippen molar-refractivity contribution in [2.75, 3.05) is 31.3 Å². The Morgan fingerprint density at radius 2 is 1.66 bits per heavy atom. The number of carbonyl (C=O) groups is 2. The lowest BCUT2D eigenvalue weighted by atomic mass is 9.98. The van der Waals surface area contributed by atoms with E-state index in [1.807, 2.05) is 56.6 Å². The number of anilines is 2. The molecular weight excluding hydrogens is 436 g/mol. The zero-order chi connectivity index (χ0) is 24.9. The highest BCUT2D eigenvalue weighted by Gasteiger charge is 2.29. The molecule has 1 heterocycles. The van der Waals surface area contributed by atoms with Crippen molar-refractivity contribution in [3.8, 4) is 0 Å². The summed E-state index contributed by atoms with van der Waals surface area (Å²) >= 11 is 0. The minimum Gasteiger partial charge on any atom is -0.354 e. The first-order chi connectivity index (χ1) is 16.8. The van der Waals surface area contributed by atoms with Crippen LogP contribution in [0.25, 0.3) is 11.3 Å². The Kier molecular flexibility index (Phi) is 7.32. The fourth-order valence-electron chi connectivity index (χ4n) is 4.04. The third-order valence-electron chi connectivity index (χ3n) is 5.73. The van der Waals surface area contributed by atoms with Gasteiger partial charge in [-0.3, -0.25) is 9.59 Å². The lowest BCUT2D eigenvalue weighted by Gasteiger charge is -2.16. The van der Waals surface area contributed by atoms with E-state index in [1.165, 1.54) is 5.56 Å². The maximum absolute atomic E-state index is 13.2. The average Bonchev–Trinajstić information content (AvgIpc) is 3.17. The molecular formula is C29H32N4O2. The van der Waals surface area contributed by atoms with E-state index >= 15 is 0 Å². The summed E-state index contributed by atoms with van der Waals surface area (Å²) in [5, 5.41) is 9.39. The van der Waals surface area contributed by atoms with E-state index in [9.17, 15) is 9.59 Å². The van der Waals surface area contributed by atoms with Crippen molar-refractivity contribution >= 4 is 34.5 Å². The molecule has 6 nitrogen and oxygen atoms in total. The molecule has 3 N–H and O–H groups in total. The molecule has 0 saturated carbocycles. The second kappa shape index (κ2) is 10.6. The van der Waals surface area contributed by atoms with Gasteiger partial charge in [0.05, 0.1) is 11.3 Å². The van der Waals surface area contributed by atoms with E-state index in [1.54, 1.807) is 18.2 Å². The number of rotatable bonds is 8.